The Morgan fingerprint density at radius 3 is 2.41 bits per heavy atom. The highest BCUT2D eigenvalue weighted by Gasteiger charge is 2.43. The zero-order valence-electron chi connectivity index (χ0n) is 18.9. The standard InChI is InChI=1S/C27H25N7/c28-13-19-1-3-22(4-2-19)25-26-24(15-32-34(26)12-11-30-25)21-7-5-20(6-8-21)23-14-31-33(16-23)18-27(17-29)9-10-27/h5-8,11-12,14-16,19,22H,1-4,9-10,18H2/t19-,22+. The third kappa shape index (κ3) is 3.64. The van der Waals surface area contributed by atoms with Gasteiger partial charge >= 0.3 is 0 Å². The average molecular weight is 448 g/mol. The van der Waals surface area contributed by atoms with Crippen LogP contribution in [0.25, 0.3) is 27.8 Å². The molecule has 2 aliphatic rings. The highest BCUT2D eigenvalue weighted by molar-refractivity contribution is 5.83. The summed E-state index contributed by atoms with van der Waals surface area (Å²) in [6.45, 7) is 0.663. The van der Waals surface area contributed by atoms with Crippen LogP contribution in [0.1, 0.15) is 50.1 Å². The summed E-state index contributed by atoms with van der Waals surface area (Å²) in [5.41, 5.74) is 6.28. The van der Waals surface area contributed by atoms with Gasteiger partial charge < -0.3 is 0 Å². The second-order valence-corrected chi connectivity index (χ2v) is 9.74. The number of hydrogen-bond acceptors (Lipinski definition) is 5. The van der Waals surface area contributed by atoms with Gasteiger partial charge in [-0.2, -0.15) is 20.7 Å². The monoisotopic (exact) mass is 447 g/mol. The van der Waals surface area contributed by atoms with Crippen LogP contribution in [-0.4, -0.2) is 24.4 Å². The number of benzene rings is 1. The van der Waals surface area contributed by atoms with E-state index < -0.39 is 0 Å². The highest BCUT2D eigenvalue weighted by atomic mass is 15.3. The Bertz CT molecular complexity index is 1420. The molecule has 4 aromatic rings. The van der Waals surface area contributed by atoms with Crippen LogP contribution >= 0.6 is 0 Å². The normalized spacial score (nSPS) is 21.1. The van der Waals surface area contributed by atoms with E-state index in [4.69, 9.17) is 4.98 Å². The molecule has 3 aromatic heterocycles. The fourth-order valence-corrected chi connectivity index (χ4v) is 5.18. The van der Waals surface area contributed by atoms with Gasteiger partial charge in [-0.05, 0) is 49.7 Å². The molecule has 34 heavy (non-hydrogen) atoms. The number of fused-ring (bicyclic) bond motifs is 1. The van der Waals surface area contributed by atoms with Gasteiger partial charge in [0.2, 0.25) is 0 Å². The quantitative estimate of drug-likeness (QED) is 0.410. The predicted molar refractivity (Wildman–Crippen MR) is 127 cm³/mol. The first-order valence-electron chi connectivity index (χ1n) is 11.9. The Labute approximate surface area is 198 Å². The SMILES string of the molecule is N#CC1(Cn2cc(-c3ccc(-c4cnn5ccnc([C@H]6CC[C@@H](C#N)CC6)c45)cc3)cn2)CC1. The molecule has 0 amide bonds. The van der Waals surface area contributed by atoms with Crippen LogP contribution in [0.15, 0.2) is 55.2 Å². The summed E-state index contributed by atoms with van der Waals surface area (Å²) < 4.78 is 3.82. The molecule has 3 heterocycles. The van der Waals surface area contributed by atoms with E-state index >= 15 is 0 Å². The lowest BCUT2D eigenvalue weighted by molar-refractivity contribution is 0.378. The van der Waals surface area contributed by atoms with Crippen LogP contribution in [0.4, 0.5) is 0 Å². The first kappa shape index (κ1) is 20.6. The van der Waals surface area contributed by atoms with Gasteiger partial charge in [-0.15, -0.1) is 0 Å². The van der Waals surface area contributed by atoms with E-state index in [9.17, 15) is 10.5 Å². The topological polar surface area (TPSA) is 95.6 Å². The van der Waals surface area contributed by atoms with Crippen LogP contribution in [0.5, 0.6) is 0 Å². The highest BCUT2D eigenvalue weighted by Crippen LogP contribution is 2.46. The molecule has 2 fully saturated rings. The number of aromatic nitrogens is 5. The van der Waals surface area contributed by atoms with E-state index in [-0.39, 0.29) is 11.3 Å². The number of nitriles is 2. The van der Waals surface area contributed by atoms with Crippen molar-refractivity contribution in [1.29, 1.82) is 10.5 Å². The van der Waals surface area contributed by atoms with E-state index in [1.165, 1.54) is 0 Å². The van der Waals surface area contributed by atoms with Crippen molar-refractivity contribution in [1.82, 2.24) is 24.4 Å². The second-order valence-electron chi connectivity index (χ2n) is 9.74. The molecule has 0 aliphatic heterocycles. The maximum atomic E-state index is 9.35. The van der Waals surface area contributed by atoms with E-state index in [0.717, 1.165) is 72.0 Å². The average Bonchev–Trinajstić information content (AvgIpc) is 3.29. The lowest BCUT2D eigenvalue weighted by Gasteiger charge is -2.24. The molecule has 7 heteroatoms. The van der Waals surface area contributed by atoms with Crippen molar-refractivity contribution in [3.8, 4) is 34.4 Å². The Hall–Kier alpha value is -3.97. The number of nitrogens with zero attached hydrogens (tertiary/aromatic N) is 7. The first-order valence-corrected chi connectivity index (χ1v) is 11.9. The van der Waals surface area contributed by atoms with Gasteiger partial charge in [0.1, 0.15) is 0 Å². The minimum absolute atomic E-state index is 0.173. The molecule has 0 atom stereocenters. The van der Waals surface area contributed by atoms with Gasteiger partial charge in [0, 0.05) is 41.6 Å². The first-order chi connectivity index (χ1) is 16.7. The van der Waals surface area contributed by atoms with Crippen LogP contribution in [0.2, 0.25) is 0 Å². The molecule has 6 rings (SSSR count). The van der Waals surface area contributed by atoms with Crippen molar-refractivity contribution < 1.29 is 0 Å². The number of rotatable bonds is 5. The molecule has 0 bridgehead atoms. The van der Waals surface area contributed by atoms with Crippen molar-refractivity contribution in [2.45, 2.75) is 51.0 Å². The second kappa shape index (κ2) is 8.11. The summed E-state index contributed by atoms with van der Waals surface area (Å²) in [5, 5.41) is 27.7. The van der Waals surface area contributed by atoms with Crippen molar-refractivity contribution in [2.24, 2.45) is 11.3 Å². The molecular formula is C27H25N7. The molecular weight excluding hydrogens is 422 g/mol. The molecule has 0 saturated heterocycles. The Morgan fingerprint density at radius 1 is 0.941 bits per heavy atom. The smallest absolute Gasteiger partial charge is 0.0958 e. The van der Waals surface area contributed by atoms with Gasteiger partial charge in [0.25, 0.3) is 0 Å². The van der Waals surface area contributed by atoms with Crippen LogP contribution in [0.3, 0.4) is 0 Å². The van der Waals surface area contributed by atoms with E-state index in [0.29, 0.717) is 12.5 Å². The predicted octanol–water partition coefficient (Wildman–Crippen LogP) is 5.36. The summed E-state index contributed by atoms with van der Waals surface area (Å²) >= 11 is 0. The third-order valence-electron chi connectivity index (χ3n) is 7.47. The van der Waals surface area contributed by atoms with Crippen molar-refractivity contribution in [3.63, 3.8) is 0 Å². The molecule has 168 valence electrons. The zero-order chi connectivity index (χ0) is 23.1. The van der Waals surface area contributed by atoms with E-state index in [1.54, 1.807) is 0 Å². The molecule has 0 N–H and O–H groups in total. The van der Waals surface area contributed by atoms with Gasteiger partial charge in [0.05, 0.1) is 47.7 Å². The molecule has 7 nitrogen and oxygen atoms in total. The van der Waals surface area contributed by atoms with Crippen LogP contribution in [-0.2, 0) is 6.54 Å². The Morgan fingerprint density at radius 2 is 1.71 bits per heavy atom. The molecule has 2 saturated carbocycles. The summed E-state index contributed by atoms with van der Waals surface area (Å²) in [5.74, 6) is 0.531. The molecule has 2 aliphatic carbocycles. The summed E-state index contributed by atoms with van der Waals surface area (Å²) in [6, 6.07) is 13.3. The molecule has 0 spiro atoms. The maximum Gasteiger partial charge on any atom is 0.0958 e. The van der Waals surface area contributed by atoms with Gasteiger partial charge in [0.15, 0.2) is 0 Å². The maximum absolute atomic E-state index is 9.35. The lowest BCUT2D eigenvalue weighted by Crippen LogP contribution is -2.14. The third-order valence-corrected chi connectivity index (χ3v) is 7.47. The van der Waals surface area contributed by atoms with Gasteiger partial charge in [-0.1, -0.05) is 24.3 Å². The molecule has 0 radical (unpaired) electrons. The summed E-state index contributed by atoms with van der Waals surface area (Å²) in [6.07, 6.45) is 15.3. The fourth-order valence-electron chi connectivity index (χ4n) is 5.18. The lowest BCUT2D eigenvalue weighted by atomic mass is 9.80. The van der Waals surface area contributed by atoms with Gasteiger partial charge in [-0.3, -0.25) is 9.67 Å². The molecule has 1 aromatic carbocycles. The zero-order valence-corrected chi connectivity index (χ0v) is 18.9. The largest absolute Gasteiger partial charge is 0.271 e. The van der Waals surface area contributed by atoms with E-state index in [1.807, 2.05) is 40.2 Å². The van der Waals surface area contributed by atoms with Gasteiger partial charge in [-0.25, -0.2) is 4.52 Å². The minimum Gasteiger partial charge on any atom is -0.271 e. The number of hydrogen-bond donors (Lipinski definition) is 0. The summed E-state index contributed by atoms with van der Waals surface area (Å²) in [7, 11) is 0. The van der Waals surface area contributed by atoms with Crippen molar-refractivity contribution in [2.75, 3.05) is 0 Å². The van der Waals surface area contributed by atoms with Crippen molar-refractivity contribution in [3.05, 3.63) is 60.9 Å². The fraction of sp³-hybridized carbons (Fsp3) is 0.370. The Kier molecular flexibility index (Phi) is 4.92. The van der Waals surface area contributed by atoms with Crippen LogP contribution < -0.4 is 0 Å². The van der Waals surface area contributed by atoms with Crippen LogP contribution in [0, 0.1) is 34.0 Å². The Balaban J connectivity index is 1.28. The van der Waals surface area contributed by atoms with E-state index in [2.05, 4.69) is 46.6 Å². The minimum atomic E-state index is -0.212. The summed E-state index contributed by atoms with van der Waals surface area (Å²) in [4.78, 5) is 4.77. The molecule has 0 unspecified atom stereocenters. The van der Waals surface area contributed by atoms with Crippen molar-refractivity contribution >= 4 is 5.52 Å².